The molecule has 0 bridgehead atoms. The zero-order valence-electron chi connectivity index (χ0n) is 6.66. The van der Waals surface area contributed by atoms with E-state index in [4.69, 9.17) is 0 Å². The summed E-state index contributed by atoms with van der Waals surface area (Å²) in [5.74, 6) is -0.0352. The van der Waals surface area contributed by atoms with Crippen LogP contribution in [0, 0.1) is 0 Å². The Morgan fingerprint density at radius 2 is 2.15 bits per heavy atom. The fraction of sp³-hybridized carbons (Fsp3) is 0.250. The summed E-state index contributed by atoms with van der Waals surface area (Å²) in [6, 6.07) is 0. The van der Waals surface area contributed by atoms with Gasteiger partial charge in [-0.05, 0) is 6.08 Å². The quantitative estimate of drug-likeness (QED) is 0.549. The van der Waals surface area contributed by atoms with Crippen molar-refractivity contribution in [1.82, 2.24) is 0 Å². The maximum absolute atomic E-state index is 11.1. The Bertz CT molecular complexity index is 407. The van der Waals surface area contributed by atoms with Crippen LogP contribution in [-0.2, 0) is 15.1 Å². The molecule has 1 aliphatic rings. The Morgan fingerprint density at radius 3 is 2.54 bits per heavy atom. The summed E-state index contributed by atoms with van der Waals surface area (Å²) in [6.07, 6.45) is 4.91. The number of allylic oxidation sites excluding steroid dienone is 4. The van der Waals surface area contributed by atoms with Crippen molar-refractivity contribution >= 4 is 36.9 Å². The molecule has 0 aromatic rings. The Kier molecular flexibility index (Phi) is 3.62. The summed E-state index contributed by atoms with van der Waals surface area (Å²) in [5.41, 5.74) is 0.561. The molecule has 0 aromatic carbocycles. The van der Waals surface area contributed by atoms with E-state index in [9.17, 15) is 13.2 Å². The van der Waals surface area contributed by atoms with Crippen LogP contribution in [0.5, 0.6) is 0 Å². The van der Waals surface area contributed by atoms with Crippen LogP contribution in [0.25, 0.3) is 0 Å². The highest BCUT2D eigenvalue weighted by Crippen LogP contribution is 2.09. The number of carbonyl (C=O) groups excluding carboxylic acids is 1. The van der Waals surface area contributed by atoms with Gasteiger partial charge in [0.1, 0.15) is 0 Å². The highest BCUT2D eigenvalue weighted by Gasteiger charge is 2.09. The smallest absolute Gasteiger partial charge is 0.217 e. The molecule has 0 unspecified atom stereocenters. The van der Waals surface area contributed by atoms with Gasteiger partial charge in [0.25, 0.3) is 0 Å². The van der Waals surface area contributed by atoms with Gasteiger partial charge in [0.15, 0.2) is 5.78 Å². The van der Waals surface area contributed by atoms with Crippen LogP contribution in [0.1, 0.15) is 6.42 Å². The molecule has 0 amide bonds. The van der Waals surface area contributed by atoms with Crippen molar-refractivity contribution in [2.75, 3.05) is 5.33 Å². The molecular weight excluding hydrogens is 256 g/mol. The lowest BCUT2D eigenvalue weighted by Crippen LogP contribution is -2.07. The Labute approximate surface area is 85.8 Å². The van der Waals surface area contributed by atoms with Crippen LogP contribution >= 0.6 is 15.9 Å². The van der Waals surface area contributed by atoms with Gasteiger partial charge in [0, 0.05) is 12.0 Å². The molecule has 0 aliphatic heterocycles. The SMILES string of the molecule is O=C(CBr)C1=CCC(=S(=O)=O)C=C1. The molecule has 5 heteroatoms. The zero-order chi connectivity index (χ0) is 9.84. The van der Waals surface area contributed by atoms with E-state index in [1.165, 1.54) is 12.2 Å². The Balaban J connectivity index is 2.89. The second kappa shape index (κ2) is 4.53. The van der Waals surface area contributed by atoms with Crippen molar-refractivity contribution in [2.45, 2.75) is 6.42 Å². The first-order valence-corrected chi connectivity index (χ1v) is 5.77. The molecule has 0 saturated heterocycles. The fourth-order valence-electron chi connectivity index (χ4n) is 0.937. The number of carbonyl (C=O) groups is 1. The highest BCUT2D eigenvalue weighted by atomic mass is 79.9. The molecule has 0 atom stereocenters. The molecule has 0 radical (unpaired) electrons. The van der Waals surface area contributed by atoms with Crippen molar-refractivity contribution in [1.29, 1.82) is 0 Å². The third-order valence-electron chi connectivity index (χ3n) is 1.63. The van der Waals surface area contributed by atoms with Crippen LogP contribution in [-0.4, -0.2) is 24.4 Å². The monoisotopic (exact) mass is 262 g/mol. The lowest BCUT2D eigenvalue weighted by molar-refractivity contribution is -0.112. The Hall–Kier alpha value is -0.680. The third kappa shape index (κ3) is 2.63. The van der Waals surface area contributed by atoms with E-state index in [0.29, 0.717) is 16.9 Å². The van der Waals surface area contributed by atoms with Crippen molar-refractivity contribution in [3.8, 4) is 0 Å². The van der Waals surface area contributed by atoms with E-state index in [0.717, 1.165) is 0 Å². The lowest BCUT2D eigenvalue weighted by atomic mass is 10.0. The third-order valence-corrected chi connectivity index (χ3v) is 2.87. The molecule has 1 aliphatic carbocycles. The van der Waals surface area contributed by atoms with Crippen LogP contribution < -0.4 is 0 Å². The van der Waals surface area contributed by atoms with Gasteiger partial charge in [0.05, 0.1) is 10.2 Å². The van der Waals surface area contributed by atoms with Gasteiger partial charge in [-0.2, -0.15) is 8.42 Å². The summed E-state index contributed by atoms with van der Waals surface area (Å²) in [6.45, 7) is 0. The summed E-state index contributed by atoms with van der Waals surface area (Å²) < 4.78 is 21.0. The van der Waals surface area contributed by atoms with Crippen molar-refractivity contribution in [2.24, 2.45) is 0 Å². The van der Waals surface area contributed by atoms with Gasteiger partial charge in [-0.15, -0.1) is 0 Å². The van der Waals surface area contributed by atoms with Gasteiger partial charge >= 0.3 is 0 Å². The second-order valence-corrected chi connectivity index (χ2v) is 4.01. The van der Waals surface area contributed by atoms with Crippen LogP contribution in [0.3, 0.4) is 0 Å². The molecule has 0 heterocycles. The number of ketones is 1. The van der Waals surface area contributed by atoms with Gasteiger partial charge in [-0.1, -0.05) is 28.1 Å². The number of halogens is 1. The predicted octanol–water partition coefficient (Wildman–Crippen LogP) is 0.888. The minimum absolute atomic E-state index is 0.0352. The topological polar surface area (TPSA) is 51.2 Å². The minimum Gasteiger partial charge on any atom is -0.293 e. The van der Waals surface area contributed by atoms with Gasteiger partial charge in [-0.3, -0.25) is 4.79 Å². The molecule has 0 aromatic heterocycles. The maximum Gasteiger partial charge on any atom is 0.217 e. The zero-order valence-corrected chi connectivity index (χ0v) is 9.06. The van der Waals surface area contributed by atoms with E-state index in [-0.39, 0.29) is 11.1 Å². The molecule has 0 saturated carbocycles. The summed E-state index contributed by atoms with van der Waals surface area (Å²) >= 11 is 3.04. The standard InChI is InChI=1S/C8H7BrO3S/c9-5-8(10)6-1-3-7(4-2-6)13(11)12/h1-3H,4-5H2. The first-order chi connectivity index (χ1) is 6.15. The van der Waals surface area contributed by atoms with Crippen LogP contribution in [0.2, 0.25) is 0 Å². The van der Waals surface area contributed by atoms with Crippen LogP contribution in [0.15, 0.2) is 23.8 Å². The van der Waals surface area contributed by atoms with E-state index < -0.39 is 10.3 Å². The number of rotatable bonds is 2. The number of alkyl halides is 1. The van der Waals surface area contributed by atoms with E-state index in [2.05, 4.69) is 15.9 Å². The largest absolute Gasteiger partial charge is 0.293 e. The first kappa shape index (κ1) is 10.4. The van der Waals surface area contributed by atoms with E-state index >= 15 is 0 Å². The maximum atomic E-state index is 11.1. The molecule has 0 N–H and O–H groups in total. The van der Waals surface area contributed by atoms with Crippen LogP contribution in [0.4, 0.5) is 0 Å². The van der Waals surface area contributed by atoms with Crippen molar-refractivity contribution in [3.63, 3.8) is 0 Å². The second-order valence-electron chi connectivity index (χ2n) is 2.45. The molecule has 3 nitrogen and oxygen atoms in total. The number of Topliss-reactive ketones (excluding diaryl/α,β-unsaturated/α-hetero) is 1. The lowest BCUT2D eigenvalue weighted by Gasteiger charge is -2.03. The minimum atomic E-state index is -2.17. The fourth-order valence-corrected chi connectivity index (χ4v) is 1.66. The number of hydrogen-bond donors (Lipinski definition) is 0. The van der Waals surface area contributed by atoms with E-state index in [1.54, 1.807) is 6.08 Å². The average Bonchev–Trinajstić information content (AvgIpc) is 2.17. The summed E-state index contributed by atoms with van der Waals surface area (Å²) in [5, 5.41) is 0.263. The molecule has 70 valence electrons. The molecule has 0 spiro atoms. The molecular formula is C8H7BrO3S. The van der Waals surface area contributed by atoms with E-state index in [1.807, 2.05) is 0 Å². The van der Waals surface area contributed by atoms with Gasteiger partial charge in [-0.25, -0.2) is 0 Å². The molecule has 1 rings (SSSR count). The average molecular weight is 263 g/mol. The highest BCUT2D eigenvalue weighted by molar-refractivity contribution is 9.09. The number of hydrogen-bond acceptors (Lipinski definition) is 3. The summed E-state index contributed by atoms with van der Waals surface area (Å²) in [7, 11) is -2.17. The normalized spacial score (nSPS) is 15.5. The Morgan fingerprint density at radius 1 is 1.46 bits per heavy atom. The van der Waals surface area contributed by atoms with Crippen molar-refractivity contribution < 1.29 is 13.2 Å². The first-order valence-electron chi connectivity index (χ1n) is 3.57. The van der Waals surface area contributed by atoms with Gasteiger partial charge < -0.3 is 0 Å². The summed E-state index contributed by atoms with van der Waals surface area (Å²) in [4.78, 5) is 11.4. The van der Waals surface area contributed by atoms with Gasteiger partial charge in [0.2, 0.25) is 10.3 Å². The van der Waals surface area contributed by atoms with Crippen molar-refractivity contribution in [3.05, 3.63) is 23.8 Å². The molecule has 0 fully saturated rings. The predicted molar refractivity (Wildman–Crippen MR) is 54.6 cm³/mol. The molecule has 13 heavy (non-hydrogen) atoms.